The van der Waals surface area contributed by atoms with Gasteiger partial charge in [0, 0.05) is 24.8 Å². The first-order valence-corrected chi connectivity index (χ1v) is 7.10. The van der Waals surface area contributed by atoms with Gasteiger partial charge in [0.15, 0.2) is 0 Å². The van der Waals surface area contributed by atoms with Gasteiger partial charge in [-0.15, -0.1) is 0 Å². The molecular weight excluding hydrogens is 242 g/mol. The van der Waals surface area contributed by atoms with E-state index in [0.29, 0.717) is 6.61 Å². The molecule has 4 heteroatoms. The average molecular weight is 263 g/mol. The summed E-state index contributed by atoms with van der Waals surface area (Å²) in [6, 6.07) is 5.55. The third kappa shape index (κ3) is 3.39. The lowest BCUT2D eigenvalue weighted by molar-refractivity contribution is 0.121. The van der Waals surface area contributed by atoms with Crippen LogP contribution in [-0.4, -0.2) is 31.5 Å². The first-order chi connectivity index (χ1) is 9.33. The van der Waals surface area contributed by atoms with E-state index in [2.05, 4.69) is 5.32 Å². The molecule has 2 N–H and O–H groups in total. The molecule has 0 aromatic heterocycles. The van der Waals surface area contributed by atoms with E-state index in [1.54, 1.807) is 12.1 Å². The van der Waals surface area contributed by atoms with Crippen molar-refractivity contribution >= 4 is 0 Å². The lowest BCUT2D eigenvalue weighted by Crippen LogP contribution is -2.24. The molecule has 0 spiro atoms. The second kappa shape index (κ2) is 5.80. The summed E-state index contributed by atoms with van der Waals surface area (Å²) in [5, 5.41) is 12.9. The molecule has 3 rings (SSSR count). The van der Waals surface area contributed by atoms with Crippen molar-refractivity contribution in [2.45, 2.75) is 25.3 Å². The molecule has 0 amide bonds. The van der Waals surface area contributed by atoms with E-state index >= 15 is 0 Å². The Kier molecular flexibility index (Phi) is 3.89. The summed E-state index contributed by atoms with van der Waals surface area (Å²) in [7, 11) is 0. The Bertz CT molecular complexity index is 431. The van der Waals surface area contributed by atoms with Crippen molar-refractivity contribution in [1.29, 1.82) is 0 Å². The molecule has 0 bridgehead atoms. The van der Waals surface area contributed by atoms with Crippen molar-refractivity contribution in [2.24, 2.45) is 5.92 Å². The second-order valence-electron chi connectivity index (χ2n) is 5.41. The first kappa shape index (κ1) is 12.8. The lowest BCUT2D eigenvalue weighted by atomic mass is 10.1. The van der Waals surface area contributed by atoms with Gasteiger partial charge < -0.3 is 19.9 Å². The van der Waals surface area contributed by atoms with E-state index in [9.17, 15) is 5.11 Å². The number of hydrogen-bond acceptors (Lipinski definition) is 4. The molecule has 0 saturated heterocycles. The van der Waals surface area contributed by atoms with Crippen molar-refractivity contribution in [2.75, 3.05) is 26.4 Å². The molecule has 1 aliphatic heterocycles. The van der Waals surface area contributed by atoms with Crippen LogP contribution >= 0.6 is 0 Å². The summed E-state index contributed by atoms with van der Waals surface area (Å²) in [6.07, 6.45) is 3.72. The highest BCUT2D eigenvalue weighted by Gasteiger charge is 2.23. The quantitative estimate of drug-likeness (QED) is 0.741. The van der Waals surface area contributed by atoms with Gasteiger partial charge in [-0.2, -0.15) is 0 Å². The van der Waals surface area contributed by atoms with Crippen molar-refractivity contribution in [3.63, 3.8) is 0 Å². The zero-order chi connectivity index (χ0) is 13.1. The molecule has 104 valence electrons. The monoisotopic (exact) mass is 263 g/mol. The zero-order valence-corrected chi connectivity index (χ0v) is 11.1. The van der Waals surface area contributed by atoms with Crippen LogP contribution in [0.3, 0.4) is 0 Å². The molecule has 1 aromatic rings. The predicted octanol–water partition coefficient (Wildman–Crippen LogP) is 2.23. The van der Waals surface area contributed by atoms with Crippen LogP contribution in [-0.2, 0) is 4.74 Å². The molecule has 1 atom stereocenters. The maximum atomic E-state index is 9.39. The van der Waals surface area contributed by atoms with Crippen LogP contribution in [0.1, 0.15) is 30.9 Å². The Morgan fingerprint density at radius 2 is 2.26 bits per heavy atom. The average Bonchev–Trinajstić information content (AvgIpc) is 3.15. The maximum Gasteiger partial charge on any atom is 0.127 e. The first-order valence-electron chi connectivity index (χ1n) is 7.10. The molecule has 1 aromatic carbocycles. The van der Waals surface area contributed by atoms with Gasteiger partial charge in [-0.1, -0.05) is 0 Å². The fourth-order valence-corrected chi connectivity index (χ4v) is 2.35. The highest BCUT2D eigenvalue weighted by molar-refractivity contribution is 5.44. The van der Waals surface area contributed by atoms with Crippen molar-refractivity contribution in [1.82, 2.24) is 5.32 Å². The third-order valence-corrected chi connectivity index (χ3v) is 3.68. The van der Waals surface area contributed by atoms with Crippen LogP contribution in [0.15, 0.2) is 18.2 Å². The number of phenols is 1. The van der Waals surface area contributed by atoms with Crippen LogP contribution in [0.5, 0.6) is 11.5 Å². The summed E-state index contributed by atoms with van der Waals surface area (Å²) >= 11 is 0. The van der Waals surface area contributed by atoms with E-state index < -0.39 is 0 Å². The molecule has 1 heterocycles. The number of benzene rings is 1. The minimum absolute atomic E-state index is 0.235. The highest BCUT2D eigenvalue weighted by Crippen LogP contribution is 2.34. The van der Waals surface area contributed by atoms with Gasteiger partial charge >= 0.3 is 0 Å². The summed E-state index contributed by atoms with van der Waals surface area (Å²) in [5.74, 6) is 1.89. The second-order valence-corrected chi connectivity index (χ2v) is 5.41. The van der Waals surface area contributed by atoms with Gasteiger partial charge in [0.05, 0.1) is 6.04 Å². The number of fused-ring (bicyclic) bond motifs is 1. The smallest absolute Gasteiger partial charge is 0.127 e. The predicted molar refractivity (Wildman–Crippen MR) is 72.5 cm³/mol. The van der Waals surface area contributed by atoms with Crippen LogP contribution < -0.4 is 10.1 Å². The largest absolute Gasteiger partial charge is 0.508 e. The van der Waals surface area contributed by atoms with Gasteiger partial charge in [0.25, 0.3) is 0 Å². The molecular formula is C15H21NO3. The van der Waals surface area contributed by atoms with E-state index in [1.807, 2.05) is 6.07 Å². The fourth-order valence-electron chi connectivity index (χ4n) is 2.35. The minimum Gasteiger partial charge on any atom is -0.508 e. The lowest BCUT2D eigenvalue weighted by Gasteiger charge is -2.11. The Hall–Kier alpha value is -1.26. The minimum atomic E-state index is 0.235. The van der Waals surface area contributed by atoms with E-state index in [4.69, 9.17) is 9.47 Å². The van der Waals surface area contributed by atoms with Crippen LogP contribution in [0.2, 0.25) is 0 Å². The highest BCUT2D eigenvalue weighted by atomic mass is 16.5. The summed E-state index contributed by atoms with van der Waals surface area (Å²) in [4.78, 5) is 0. The SMILES string of the molecule is Oc1ccc2c(c1)OCC2NCCCOCC1CC1. The number of ether oxygens (including phenoxy) is 2. The van der Waals surface area contributed by atoms with Crippen LogP contribution in [0.25, 0.3) is 0 Å². The van der Waals surface area contributed by atoms with E-state index in [0.717, 1.165) is 43.4 Å². The fraction of sp³-hybridized carbons (Fsp3) is 0.600. The number of nitrogens with one attached hydrogen (secondary N) is 1. The van der Waals surface area contributed by atoms with E-state index in [1.165, 1.54) is 12.8 Å². The standard InChI is InChI=1S/C15H21NO3/c17-12-4-5-13-14(10-19-15(13)8-12)16-6-1-7-18-9-11-2-3-11/h4-5,8,11,14,16-17H,1-3,6-7,9-10H2. The number of phenolic OH excluding ortho intramolecular Hbond substituents is 1. The molecule has 1 saturated carbocycles. The van der Waals surface area contributed by atoms with Gasteiger partial charge in [0.2, 0.25) is 0 Å². The van der Waals surface area contributed by atoms with E-state index in [-0.39, 0.29) is 11.8 Å². The van der Waals surface area contributed by atoms with Crippen LogP contribution in [0, 0.1) is 5.92 Å². The Labute approximate surface area is 113 Å². The maximum absolute atomic E-state index is 9.39. The Morgan fingerprint density at radius 1 is 1.37 bits per heavy atom. The van der Waals surface area contributed by atoms with Crippen LogP contribution in [0.4, 0.5) is 0 Å². The molecule has 19 heavy (non-hydrogen) atoms. The van der Waals surface area contributed by atoms with Crippen molar-refractivity contribution < 1.29 is 14.6 Å². The van der Waals surface area contributed by atoms with Gasteiger partial charge in [-0.05, 0) is 43.9 Å². The zero-order valence-electron chi connectivity index (χ0n) is 11.1. The van der Waals surface area contributed by atoms with Crippen molar-refractivity contribution in [3.8, 4) is 11.5 Å². The van der Waals surface area contributed by atoms with Gasteiger partial charge in [-0.25, -0.2) is 0 Å². The number of rotatable bonds is 7. The van der Waals surface area contributed by atoms with Crippen molar-refractivity contribution in [3.05, 3.63) is 23.8 Å². The molecule has 1 aliphatic carbocycles. The molecule has 0 radical (unpaired) electrons. The number of hydrogen-bond donors (Lipinski definition) is 2. The normalized spacial score (nSPS) is 21.2. The molecule has 1 unspecified atom stereocenters. The third-order valence-electron chi connectivity index (χ3n) is 3.68. The topological polar surface area (TPSA) is 50.7 Å². The summed E-state index contributed by atoms with van der Waals surface area (Å²) in [6.45, 7) is 3.34. The van der Waals surface area contributed by atoms with Gasteiger partial charge in [-0.3, -0.25) is 0 Å². The van der Waals surface area contributed by atoms with Gasteiger partial charge in [0.1, 0.15) is 18.1 Å². The molecule has 4 nitrogen and oxygen atoms in total. The number of aromatic hydroxyl groups is 1. The summed E-state index contributed by atoms with van der Waals surface area (Å²) < 4.78 is 11.2. The molecule has 2 aliphatic rings. The summed E-state index contributed by atoms with van der Waals surface area (Å²) in [5.41, 5.74) is 1.14. The Balaban J connectivity index is 1.37. The molecule has 1 fully saturated rings. The Morgan fingerprint density at radius 3 is 3.11 bits per heavy atom.